The fourth-order valence-electron chi connectivity index (χ4n) is 3.45. The Hall–Kier alpha value is -2.99. The molecule has 0 fully saturated rings. The van der Waals surface area contributed by atoms with Gasteiger partial charge in [-0.15, -0.1) is 10.2 Å². The molecule has 1 aliphatic heterocycles. The SMILES string of the molecule is COC(=O)c1ccc(CN2CCc3nnc(-c4ccccc4)n3CC2)cc1. The summed E-state index contributed by atoms with van der Waals surface area (Å²) in [7, 11) is 1.40. The number of fused-ring (bicyclic) bond motifs is 1. The summed E-state index contributed by atoms with van der Waals surface area (Å²) in [5.41, 5.74) is 2.86. The van der Waals surface area contributed by atoms with Gasteiger partial charge in [0.15, 0.2) is 5.82 Å². The second kappa shape index (κ2) is 7.72. The molecule has 1 aromatic heterocycles. The normalized spacial score (nSPS) is 14.4. The smallest absolute Gasteiger partial charge is 0.337 e. The van der Waals surface area contributed by atoms with Crippen LogP contribution in [0.3, 0.4) is 0 Å². The summed E-state index contributed by atoms with van der Waals surface area (Å²) in [5, 5.41) is 8.81. The molecule has 0 bridgehead atoms. The topological polar surface area (TPSA) is 60.2 Å². The molecule has 0 atom stereocenters. The summed E-state index contributed by atoms with van der Waals surface area (Å²) in [6.45, 7) is 3.59. The third-order valence-electron chi connectivity index (χ3n) is 4.93. The highest BCUT2D eigenvalue weighted by molar-refractivity contribution is 5.89. The van der Waals surface area contributed by atoms with Crippen molar-refractivity contribution in [3.63, 3.8) is 0 Å². The molecule has 4 rings (SSSR count). The van der Waals surface area contributed by atoms with Gasteiger partial charge in [0.2, 0.25) is 0 Å². The van der Waals surface area contributed by atoms with Crippen LogP contribution in [0.5, 0.6) is 0 Å². The molecule has 138 valence electrons. The molecule has 0 unspecified atom stereocenters. The van der Waals surface area contributed by atoms with Gasteiger partial charge < -0.3 is 9.30 Å². The molecule has 3 aromatic rings. The predicted molar refractivity (Wildman–Crippen MR) is 102 cm³/mol. The number of hydrogen-bond acceptors (Lipinski definition) is 5. The lowest BCUT2D eigenvalue weighted by Crippen LogP contribution is -2.26. The maximum absolute atomic E-state index is 11.6. The number of hydrogen-bond donors (Lipinski definition) is 0. The Bertz CT molecular complexity index is 919. The van der Waals surface area contributed by atoms with Crippen molar-refractivity contribution in [3.8, 4) is 11.4 Å². The van der Waals surface area contributed by atoms with Crippen molar-refractivity contribution in [3.05, 3.63) is 71.5 Å². The number of esters is 1. The fourth-order valence-corrected chi connectivity index (χ4v) is 3.45. The minimum atomic E-state index is -0.303. The molecule has 0 aliphatic carbocycles. The quantitative estimate of drug-likeness (QED) is 0.668. The molecule has 27 heavy (non-hydrogen) atoms. The minimum absolute atomic E-state index is 0.303. The van der Waals surface area contributed by atoms with Crippen LogP contribution in [-0.2, 0) is 24.2 Å². The van der Waals surface area contributed by atoms with E-state index in [0.717, 1.165) is 49.8 Å². The van der Waals surface area contributed by atoms with Crippen molar-refractivity contribution in [2.24, 2.45) is 0 Å². The molecule has 6 nitrogen and oxygen atoms in total. The van der Waals surface area contributed by atoms with Crippen LogP contribution in [-0.4, -0.2) is 45.8 Å². The molecule has 1 aliphatic rings. The first-order valence-electron chi connectivity index (χ1n) is 9.11. The minimum Gasteiger partial charge on any atom is -0.465 e. The van der Waals surface area contributed by atoms with Crippen molar-refractivity contribution in [2.45, 2.75) is 19.5 Å². The Labute approximate surface area is 158 Å². The Morgan fingerprint density at radius 2 is 1.78 bits per heavy atom. The molecule has 0 spiro atoms. The highest BCUT2D eigenvalue weighted by Gasteiger charge is 2.19. The number of ether oxygens (including phenoxy) is 1. The Morgan fingerprint density at radius 3 is 2.52 bits per heavy atom. The number of methoxy groups -OCH3 is 1. The van der Waals surface area contributed by atoms with Gasteiger partial charge in [-0.05, 0) is 17.7 Å². The van der Waals surface area contributed by atoms with Gasteiger partial charge >= 0.3 is 5.97 Å². The van der Waals surface area contributed by atoms with Gasteiger partial charge in [0.25, 0.3) is 0 Å². The average molecular weight is 362 g/mol. The number of nitrogens with zero attached hydrogens (tertiary/aromatic N) is 4. The van der Waals surface area contributed by atoms with Gasteiger partial charge in [0, 0.05) is 38.2 Å². The first kappa shape index (κ1) is 17.4. The molecular formula is C21H22N4O2. The highest BCUT2D eigenvalue weighted by Crippen LogP contribution is 2.20. The van der Waals surface area contributed by atoms with Crippen molar-refractivity contribution in [1.29, 1.82) is 0 Å². The van der Waals surface area contributed by atoms with Gasteiger partial charge in [-0.2, -0.15) is 0 Å². The molecule has 0 saturated heterocycles. The van der Waals surface area contributed by atoms with Crippen LogP contribution >= 0.6 is 0 Å². The second-order valence-electron chi connectivity index (χ2n) is 6.67. The maximum atomic E-state index is 11.6. The van der Waals surface area contributed by atoms with E-state index in [0.29, 0.717) is 5.56 Å². The molecule has 0 radical (unpaired) electrons. The van der Waals surface area contributed by atoms with E-state index in [-0.39, 0.29) is 5.97 Å². The fraction of sp³-hybridized carbons (Fsp3) is 0.286. The highest BCUT2D eigenvalue weighted by atomic mass is 16.5. The van der Waals surface area contributed by atoms with Crippen LogP contribution < -0.4 is 0 Å². The van der Waals surface area contributed by atoms with E-state index in [1.807, 2.05) is 42.5 Å². The van der Waals surface area contributed by atoms with Crippen molar-refractivity contribution < 1.29 is 9.53 Å². The van der Waals surface area contributed by atoms with Crippen LogP contribution in [0.2, 0.25) is 0 Å². The van der Waals surface area contributed by atoms with Crippen molar-refractivity contribution in [2.75, 3.05) is 20.2 Å². The first-order chi connectivity index (χ1) is 13.2. The van der Waals surface area contributed by atoms with Gasteiger partial charge in [0.05, 0.1) is 12.7 Å². The second-order valence-corrected chi connectivity index (χ2v) is 6.67. The zero-order valence-corrected chi connectivity index (χ0v) is 15.3. The first-order valence-corrected chi connectivity index (χ1v) is 9.11. The summed E-state index contributed by atoms with van der Waals surface area (Å²) in [4.78, 5) is 14.0. The molecular weight excluding hydrogens is 340 g/mol. The predicted octanol–water partition coefficient (Wildman–Crippen LogP) is 2.79. The molecule has 2 heterocycles. The molecule has 0 amide bonds. The number of carbonyl (C=O) groups excluding carboxylic acids is 1. The number of carbonyl (C=O) groups is 1. The Kier molecular flexibility index (Phi) is 4.98. The third-order valence-corrected chi connectivity index (χ3v) is 4.93. The number of benzene rings is 2. The lowest BCUT2D eigenvalue weighted by Gasteiger charge is -2.19. The molecule has 2 aromatic carbocycles. The van der Waals surface area contributed by atoms with Gasteiger partial charge in [-0.25, -0.2) is 4.79 Å². The Balaban J connectivity index is 1.45. The van der Waals surface area contributed by atoms with Crippen molar-refractivity contribution >= 4 is 5.97 Å². The van der Waals surface area contributed by atoms with Crippen LogP contribution in [0.1, 0.15) is 21.7 Å². The van der Waals surface area contributed by atoms with Crippen LogP contribution in [0.15, 0.2) is 54.6 Å². The van der Waals surface area contributed by atoms with E-state index in [1.165, 1.54) is 12.7 Å². The number of rotatable bonds is 4. The van der Waals surface area contributed by atoms with Gasteiger partial charge in [0.1, 0.15) is 5.82 Å². The Morgan fingerprint density at radius 1 is 1.00 bits per heavy atom. The van der Waals surface area contributed by atoms with E-state index in [1.54, 1.807) is 0 Å². The lowest BCUT2D eigenvalue weighted by molar-refractivity contribution is 0.0600. The van der Waals surface area contributed by atoms with E-state index in [2.05, 4.69) is 31.8 Å². The lowest BCUT2D eigenvalue weighted by atomic mass is 10.1. The zero-order chi connectivity index (χ0) is 18.6. The van der Waals surface area contributed by atoms with Crippen molar-refractivity contribution in [1.82, 2.24) is 19.7 Å². The number of aromatic nitrogens is 3. The van der Waals surface area contributed by atoms with Crippen LogP contribution in [0, 0.1) is 0 Å². The van der Waals surface area contributed by atoms with Crippen LogP contribution in [0.25, 0.3) is 11.4 Å². The van der Waals surface area contributed by atoms with Crippen LogP contribution in [0.4, 0.5) is 0 Å². The molecule has 0 saturated carbocycles. The standard InChI is InChI=1S/C21H22N4O2/c1-27-21(26)18-9-7-16(8-10-18)15-24-12-11-19-22-23-20(25(19)14-13-24)17-5-3-2-4-6-17/h2-10H,11-15H2,1H3. The van der Waals surface area contributed by atoms with E-state index < -0.39 is 0 Å². The molecule has 0 N–H and O–H groups in total. The molecule has 6 heteroatoms. The summed E-state index contributed by atoms with van der Waals surface area (Å²) in [5.74, 6) is 1.68. The zero-order valence-electron chi connectivity index (χ0n) is 15.3. The maximum Gasteiger partial charge on any atom is 0.337 e. The van der Waals surface area contributed by atoms with E-state index in [4.69, 9.17) is 4.74 Å². The average Bonchev–Trinajstić information content (AvgIpc) is 3.03. The van der Waals surface area contributed by atoms with E-state index >= 15 is 0 Å². The van der Waals surface area contributed by atoms with Gasteiger partial charge in [-0.1, -0.05) is 42.5 Å². The third kappa shape index (κ3) is 3.75. The summed E-state index contributed by atoms with van der Waals surface area (Å²) < 4.78 is 6.98. The van der Waals surface area contributed by atoms with E-state index in [9.17, 15) is 4.79 Å². The monoisotopic (exact) mass is 362 g/mol. The summed E-state index contributed by atoms with van der Waals surface area (Å²) >= 11 is 0. The largest absolute Gasteiger partial charge is 0.465 e. The van der Waals surface area contributed by atoms with Gasteiger partial charge in [-0.3, -0.25) is 4.90 Å². The summed E-state index contributed by atoms with van der Waals surface area (Å²) in [6.07, 6.45) is 0.875. The summed E-state index contributed by atoms with van der Waals surface area (Å²) in [6, 6.07) is 17.8.